The Kier molecular flexibility index (Phi) is 9.65. The summed E-state index contributed by atoms with van der Waals surface area (Å²) in [5.41, 5.74) is 7.17. The first kappa shape index (κ1) is 27.5. The molecule has 2 aliphatic rings. The minimum Gasteiger partial charge on any atom is -0.494 e. The molecule has 2 aliphatic carbocycles. The van der Waals surface area contributed by atoms with Gasteiger partial charge in [0.15, 0.2) is 0 Å². The predicted octanol–water partition coefficient (Wildman–Crippen LogP) is 9.57. The Hall–Kier alpha value is -3.52. The van der Waals surface area contributed by atoms with Gasteiger partial charge in [-0.1, -0.05) is 92.3 Å². The molecular formula is C36H42O2. The molecule has 0 N–H and O–H groups in total. The van der Waals surface area contributed by atoms with Gasteiger partial charge in [-0.3, -0.25) is 0 Å². The first-order valence-electron chi connectivity index (χ1n) is 14.2. The first-order chi connectivity index (χ1) is 18.6. The van der Waals surface area contributed by atoms with E-state index in [0.29, 0.717) is 13.2 Å². The Bertz CT molecular complexity index is 1250. The van der Waals surface area contributed by atoms with Gasteiger partial charge in [-0.15, -0.1) is 0 Å². The van der Waals surface area contributed by atoms with Gasteiger partial charge in [-0.05, 0) is 98.1 Å². The van der Waals surface area contributed by atoms with E-state index < -0.39 is 5.41 Å². The van der Waals surface area contributed by atoms with Crippen molar-refractivity contribution in [2.75, 3.05) is 13.2 Å². The summed E-state index contributed by atoms with van der Waals surface area (Å²) >= 11 is 0. The van der Waals surface area contributed by atoms with Gasteiger partial charge < -0.3 is 9.47 Å². The minimum absolute atomic E-state index is 0.492. The van der Waals surface area contributed by atoms with Crippen LogP contribution in [0.15, 0.2) is 125 Å². The highest BCUT2D eigenvalue weighted by atomic mass is 16.5. The van der Waals surface area contributed by atoms with Crippen LogP contribution in [-0.4, -0.2) is 13.2 Å². The van der Waals surface area contributed by atoms with E-state index in [1.54, 1.807) is 0 Å². The van der Waals surface area contributed by atoms with Crippen molar-refractivity contribution in [1.82, 2.24) is 0 Å². The molecule has 1 unspecified atom stereocenters. The highest BCUT2D eigenvalue weighted by Crippen LogP contribution is 2.50. The van der Waals surface area contributed by atoms with Gasteiger partial charge in [0.25, 0.3) is 0 Å². The fourth-order valence-electron chi connectivity index (χ4n) is 5.65. The number of hydrogen-bond acceptors (Lipinski definition) is 2. The Morgan fingerprint density at radius 2 is 1.47 bits per heavy atom. The Morgan fingerprint density at radius 1 is 0.763 bits per heavy atom. The third-order valence-corrected chi connectivity index (χ3v) is 7.38. The number of rotatable bonds is 11. The van der Waals surface area contributed by atoms with Crippen LogP contribution in [0.2, 0.25) is 0 Å². The van der Waals surface area contributed by atoms with Crippen LogP contribution in [0.3, 0.4) is 0 Å². The van der Waals surface area contributed by atoms with Crippen LogP contribution >= 0.6 is 0 Å². The van der Waals surface area contributed by atoms with Gasteiger partial charge >= 0.3 is 0 Å². The smallest absolute Gasteiger partial charge is 0.119 e. The number of allylic oxidation sites excluding steroid dienone is 11. The van der Waals surface area contributed by atoms with Gasteiger partial charge in [0.1, 0.15) is 11.5 Å². The predicted molar refractivity (Wildman–Crippen MR) is 160 cm³/mol. The van der Waals surface area contributed by atoms with E-state index in [1.165, 1.54) is 33.4 Å². The Balaban J connectivity index is 2.05. The molecular weight excluding hydrogens is 464 g/mol. The van der Waals surface area contributed by atoms with Crippen LogP contribution in [0.25, 0.3) is 0 Å². The summed E-state index contributed by atoms with van der Waals surface area (Å²) in [6.07, 6.45) is 21.3. The Labute approximate surface area is 229 Å². The zero-order chi connectivity index (χ0) is 26.8. The topological polar surface area (TPSA) is 18.5 Å². The maximum Gasteiger partial charge on any atom is 0.119 e. The number of unbranched alkanes of at least 4 members (excludes halogenated alkanes) is 1. The lowest BCUT2D eigenvalue weighted by Gasteiger charge is -2.39. The van der Waals surface area contributed by atoms with Gasteiger partial charge in [0.2, 0.25) is 0 Å². The summed E-state index contributed by atoms with van der Waals surface area (Å²) in [6, 6.07) is 19.7. The standard InChI is InChI=1S/C36H42O2/c1-5-8-17-29-27-32(20-15-22-35(29)38-7-3)36(30-18-12-10-13-19-30,34-21-14-9-11-16-28(34)4)31-23-25-33(26-24-31)37-6-2/h10-14,16,18-27H,5-9,15,17H2,1-4H3. The van der Waals surface area contributed by atoms with Gasteiger partial charge in [0.05, 0.1) is 18.6 Å². The molecule has 38 heavy (non-hydrogen) atoms. The van der Waals surface area contributed by atoms with E-state index >= 15 is 0 Å². The molecule has 0 fully saturated rings. The molecule has 0 aromatic heterocycles. The molecule has 0 saturated carbocycles. The second-order valence-electron chi connectivity index (χ2n) is 9.88. The van der Waals surface area contributed by atoms with Crippen molar-refractivity contribution < 1.29 is 9.47 Å². The molecule has 0 spiro atoms. The molecule has 0 bridgehead atoms. The molecule has 0 radical (unpaired) electrons. The summed E-state index contributed by atoms with van der Waals surface area (Å²) in [5.74, 6) is 1.93. The largest absolute Gasteiger partial charge is 0.494 e. The van der Waals surface area contributed by atoms with E-state index in [0.717, 1.165) is 43.6 Å². The van der Waals surface area contributed by atoms with Crippen molar-refractivity contribution >= 4 is 0 Å². The molecule has 2 nitrogen and oxygen atoms in total. The fourth-order valence-corrected chi connectivity index (χ4v) is 5.65. The van der Waals surface area contributed by atoms with Crippen LogP contribution in [0.5, 0.6) is 5.75 Å². The van der Waals surface area contributed by atoms with Gasteiger partial charge in [0, 0.05) is 0 Å². The van der Waals surface area contributed by atoms with Gasteiger partial charge in [-0.25, -0.2) is 0 Å². The molecule has 0 heterocycles. The normalized spacial score (nSPS) is 17.1. The van der Waals surface area contributed by atoms with Crippen molar-refractivity contribution in [3.05, 3.63) is 136 Å². The van der Waals surface area contributed by atoms with Crippen molar-refractivity contribution in [2.24, 2.45) is 0 Å². The van der Waals surface area contributed by atoms with E-state index in [-0.39, 0.29) is 0 Å². The second-order valence-corrected chi connectivity index (χ2v) is 9.88. The molecule has 0 saturated heterocycles. The summed E-state index contributed by atoms with van der Waals surface area (Å²) in [4.78, 5) is 0. The van der Waals surface area contributed by atoms with Crippen molar-refractivity contribution in [3.8, 4) is 5.75 Å². The summed E-state index contributed by atoms with van der Waals surface area (Å²) < 4.78 is 12.0. The fraction of sp³-hybridized carbons (Fsp3) is 0.333. The van der Waals surface area contributed by atoms with Crippen LogP contribution in [0, 0.1) is 0 Å². The molecule has 2 aromatic carbocycles. The lowest BCUT2D eigenvalue weighted by molar-refractivity contribution is 0.234. The highest BCUT2D eigenvalue weighted by Gasteiger charge is 2.41. The highest BCUT2D eigenvalue weighted by molar-refractivity contribution is 5.66. The van der Waals surface area contributed by atoms with Crippen LogP contribution in [0.1, 0.15) is 70.9 Å². The lowest BCUT2D eigenvalue weighted by atomic mass is 9.62. The number of ether oxygens (including phenoxy) is 2. The maximum absolute atomic E-state index is 6.18. The lowest BCUT2D eigenvalue weighted by Crippen LogP contribution is -2.32. The average molecular weight is 507 g/mol. The quantitative estimate of drug-likeness (QED) is 0.302. The minimum atomic E-state index is -0.492. The van der Waals surface area contributed by atoms with Crippen molar-refractivity contribution in [3.63, 3.8) is 0 Å². The molecule has 0 aliphatic heterocycles. The third-order valence-electron chi connectivity index (χ3n) is 7.38. The second kappa shape index (κ2) is 13.3. The van der Waals surface area contributed by atoms with E-state index in [2.05, 4.69) is 118 Å². The average Bonchev–Trinajstić information content (AvgIpc) is 3.28. The first-order valence-corrected chi connectivity index (χ1v) is 14.2. The SMILES string of the molecule is CCCCC1=CC(C(C2=C(C)C=CCC=C2)(c2ccccc2)c2ccc(OCC)cc2)=CCC=C1OCC. The maximum atomic E-state index is 6.18. The van der Waals surface area contributed by atoms with E-state index in [4.69, 9.17) is 9.47 Å². The third kappa shape index (κ3) is 5.80. The zero-order valence-electron chi connectivity index (χ0n) is 23.5. The summed E-state index contributed by atoms with van der Waals surface area (Å²) in [6.45, 7) is 9.93. The molecule has 4 rings (SSSR count). The number of hydrogen-bond donors (Lipinski definition) is 0. The number of benzene rings is 2. The van der Waals surface area contributed by atoms with Crippen LogP contribution in [0.4, 0.5) is 0 Å². The molecule has 2 heteroatoms. The van der Waals surface area contributed by atoms with Gasteiger partial charge in [-0.2, -0.15) is 0 Å². The summed E-state index contributed by atoms with van der Waals surface area (Å²) in [5, 5.41) is 0. The van der Waals surface area contributed by atoms with Crippen LogP contribution < -0.4 is 4.74 Å². The van der Waals surface area contributed by atoms with E-state index in [9.17, 15) is 0 Å². The molecule has 1 atom stereocenters. The molecule has 0 amide bonds. The molecule has 198 valence electrons. The van der Waals surface area contributed by atoms with Crippen molar-refractivity contribution in [2.45, 2.75) is 65.2 Å². The monoisotopic (exact) mass is 506 g/mol. The Morgan fingerprint density at radius 3 is 2.18 bits per heavy atom. The molecule has 2 aromatic rings. The van der Waals surface area contributed by atoms with Crippen LogP contribution in [-0.2, 0) is 10.2 Å². The zero-order valence-corrected chi connectivity index (χ0v) is 23.5. The summed E-state index contributed by atoms with van der Waals surface area (Å²) in [7, 11) is 0. The van der Waals surface area contributed by atoms with E-state index in [1.807, 2.05) is 6.92 Å². The van der Waals surface area contributed by atoms with Crippen molar-refractivity contribution in [1.29, 1.82) is 0 Å².